The molecule has 0 bridgehead atoms. The van der Waals surface area contributed by atoms with Crippen molar-refractivity contribution in [2.45, 2.75) is 97.8 Å². The van der Waals surface area contributed by atoms with E-state index < -0.39 is 37.3 Å². The summed E-state index contributed by atoms with van der Waals surface area (Å²) in [5.41, 5.74) is 0. The van der Waals surface area contributed by atoms with Crippen LogP contribution in [0.1, 0.15) is 97.8 Å². The average Bonchev–Trinajstić information content (AvgIpc) is 2.65. The van der Waals surface area contributed by atoms with Crippen LogP contribution in [0.15, 0.2) is 0 Å². The van der Waals surface area contributed by atoms with E-state index in [1.807, 2.05) is 0 Å². The Morgan fingerprint density at radius 2 is 0.742 bits per heavy atom. The predicted octanol–water partition coefficient (Wildman–Crippen LogP) is 8.49. The molecule has 0 aromatic rings. The summed E-state index contributed by atoms with van der Waals surface area (Å²) in [6.45, 7) is 11.2. The first-order chi connectivity index (χ1) is 14.5. The number of rotatable bonds is 21. The smallest absolute Gasteiger partial charge is 0.405 e. The van der Waals surface area contributed by atoms with Crippen molar-refractivity contribution in [2.75, 3.05) is 38.5 Å². The summed E-state index contributed by atoms with van der Waals surface area (Å²) in [7, 11) is -8.89. The van der Waals surface area contributed by atoms with Crippen molar-refractivity contribution < 1.29 is 24.4 Å². The lowest BCUT2D eigenvalue weighted by molar-refractivity contribution is 0.308. The van der Waals surface area contributed by atoms with Gasteiger partial charge in [0, 0.05) is 38.5 Å². The molecule has 31 heavy (non-hydrogen) atoms. The molecule has 0 radical (unpaired) electrons. The van der Waals surface area contributed by atoms with Crippen molar-refractivity contribution >= 4 is 37.3 Å². The SMILES string of the molecule is CCCCCCP(C)(=O)[O][Al]([O]P(C)(=O)CCCCCC)[O]P(C)(=O)CCCCCC. The Hall–Kier alpha value is 1.10. The molecule has 10 heteroatoms. The zero-order chi connectivity index (χ0) is 23.8. The van der Waals surface area contributed by atoms with E-state index in [9.17, 15) is 13.7 Å². The fraction of sp³-hybridized carbons (Fsp3) is 1.00. The zero-order valence-electron chi connectivity index (χ0n) is 21.0. The molecule has 3 unspecified atom stereocenters. The lowest BCUT2D eigenvalue weighted by Crippen LogP contribution is -2.25. The average molecular weight is 517 g/mol. The maximum absolute atomic E-state index is 13.0. The predicted molar refractivity (Wildman–Crippen MR) is 137 cm³/mol. The summed E-state index contributed by atoms with van der Waals surface area (Å²) in [4.78, 5) is 0. The van der Waals surface area contributed by atoms with Gasteiger partial charge in [0.1, 0.15) is 0 Å². The van der Waals surface area contributed by atoms with Gasteiger partial charge in [0.05, 0.1) is 0 Å². The standard InChI is InChI=1S/3C7H17O2P.Al/c3*1-3-4-5-6-7-10(2,8)9;/h3*3-7H2,1-2H3,(H,8,9);/q;;;+3/p-3. The third-order valence-electron chi connectivity index (χ3n) is 5.18. The Labute approximate surface area is 197 Å². The van der Waals surface area contributed by atoms with E-state index >= 15 is 0 Å². The molecule has 0 fully saturated rings. The summed E-state index contributed by atoms with van der Waals surface area (Å²) in [6.07, 6.45) is 13.4. The zero-order valence-corrected chi connectivity index (χ0v) is 24.8. The molecule has 6 nitrogen and oxygen atoms in total. The molecule has 0 amide bonds. The summed E-state index contributed by atoms with van der Waals surface area (Å²) < 4.78 is 56.6. The minimum atomic E-state index is -3.07. The van der Waals surface area contributed by atoms with Crippen molar-refractivity contribution in [1.82, 2.24) is 0 Å². The Bertz CT molecular complexity index is 521. The first kappa shape index (κ1) is 32.1. The van der Waals surface area contributed by atoms with Gasteiger partial charge in [0.25, 0.3) is 0 Å². The highest BCUT2D eigenvalue weighted by Gasteiger charge is 2.45. The molecule has 0 spiro atoms. The fourth-order valence-corrected chi connectivity index (χ4v) is 12.8. The van der Waals surface area contributed by atoms with E-state index in [0.717, 1.165) is 77.0 Å². The highest BCUT2D eigenvalue weighted by molar-refractivity contribution is 7.62. The molecular weight excluding hydrogens is 468 g/mol. The van der Waals surface area contributed by atoms with Gasteiger partial charge < -0.3 is 10.7 Å². The maximum atomic E-state index is 13.0. The lowest BCUT2D eigenvalue weighted by atomic mass is 10.2. The van der Waals surface area contributed by atoms with E-state index in [1.54, 1.807) is 20.0 Å². The van der Waals surface area contributed by atoms with Crippen LogP contribution in [0.25, 0.3) is 0 Å². The number of unbranched alkanes of at least 4 members (excludes halogenated alkanes) is 9. The molecule has 0 heterocycles. The third-order valence-corrected chi connectivity index (χ3v) is 16.0. The molecule has 0 aliphatic heterocycles. The van der Waals surface area contributed by atoms with Crippen LogP contribution in [-0.2, 0) is 24.4 Å². The minimum Gasteiger partial charge on any atom is -0.405 e. The molecule has 0 rings (SSSR count). The van der Waals surface area contributed by atoms with Gasteiger partial charge >= 0.3 is 15.1 Å². The molecule has 0 aromatic heterocycles. The Morgan fingerprint density at radius 1 is 0.484 bits per heavy atom. The molecule has 3 atom stereocenters. The van der Waals surface area contributed by atoms with Crippen LogP contribution in [0.5, 0.6) is 0 Å². The second-order valence-corrected chi connectivity index (χ2v) is 19.5. The Kier molecular flexibility index (Phi) is 18.1. The van der Waals surface area contributed by atoms with Gasteiger partial charge in [0.2, 0.25) is 0 Å². The first-order valence-electron chi connectivity index (χ1n) is 12.2. The van der Waals surface area contributed by atoms with Crippen molar-refractivity contribution in [3.8, 4) is 0 Å². The van der Waals surface area contributed by atoms with Crippen LogP contribution in [0.4, 0.5) is 0 Å². The van der Waals surface area contributed by atoms with Crippen LogP contribution in [0.2, 0.25) is 0 Å². The molecule has 0 aliphatic carbocycles. The van der Waals surface area contributed by atoms with Gasteiger partial charge in [-0.1, -0.05) is 78.6 Å². The number of hydrogen-bond acceptors (Lipinski definition) is 6. The third kappa shape index (κ3) is 19.1. The number of hydrogen-bond donors (Lipinski definition) is 0. The van der Waals surface area contributed by atoms with Crippen LogP contribution in [0, 0.1) is 0 Å². The summed E-state index contributed by atoms with van der Waals surface area (Å²) in [5.74, 6) is 0. The van der Waals surface area contributed by atoms with E-state index in [4.69, 9.17) is 10.7 Å². The largest absolute Gasteiger partial charge is 0.921 e. The van der Waals surface area contributed by atoms with E-state index in [-0.39, 0.29) is 0 Å². The summed E-state index contributed by atoms with van der Waals surface area (Å²) in [5, 5.41) is 0. The van der Waals surface area contributed by atoms with Crippen LogP contribution in [0.3, 0.4) is 0 Å². The molecule has 0 N–H and O–H groups in total. The highest BCUT2D eigenvalue weighted by Crippen LogP contribution is 2.53. The monoisotopic (exact) mass is 516 g/mol. The van der Waals surface area contributed by atoms with Gasteiger partial charge in [-0.15, -0.1) is 0 Å². The van der Waals surface area contributed by atoms with Gasteiger partial charge in [-0.2, -0.15) is 0 Å². The normalized spacial score (nSPS) is 17.6. The van der Waals surface area contributed by atoms with Crippen LogP contribution < -0.4 is 0 Å². The topological polar surface area (TPSA) is 78.9 Å². The molecule has 186 valence electrons. The van der Waals surface area contributed by atoms with Crippen molar-refractivity contribution in [1.29, 1.82) is 0 Å². The van der Waals surface area contributed by atoms with Gasteiger partial charge in [-0.05, 0) is 19.3 Å². The second kappa shape index (κ2) is 17.5. The van der Waals surface area contributed by atoms with Crippen LogP contribution in [-0.4, -0.2) is 53.6 Å². The first-order valence-corrected chi connectivity index (χ1v) is 20.4. The minimum absolute atomic E-state index is 0.443. The van der Waals surface area contributed by atoms with Crippen molar-refractivity contribution in [2.24, 2.45) is 0 Å². The van der Waals surface area contributed by atoms with Crippen LogP contribution >= 0.6 is 22.1 Å². The molecule has 0 aromatic carbocycles. The van der Waals surface area contributed by atoms with Crippen molar-refractivity contribution in [3.05, 3.63) is 0 Å². The highest BCUT2D eigenvalue weighted by atomic mass is 31.2. The van der Waals surface area contributed by atoms with E-state index in [1.165, 1.54) is 0 Å². The van der Waals surface area contributed by atoms with Gasteiger partial charge in [0.15, 0.2) is 22.1 Å². The molecule has 0 aliphatic rings. The molecular formula is C21H48AlO6P3. The maximum Gasteiger partial charge on any atom is 0.921 e. The quantitative estimate of drug-likeness (QED) is 0.0865. The second-order valence-electron chi connectivity index (χ2n) is 9.00. The summed E-state index contributed by atoms with van der Waals surface area (Å²) in [6, 6.07) is 0. The Morgan fingerprint density at radius 3 is 0.968 bits per heavy atom. The van der Waals surface area contributed by atoms with Gasteiger partial charge in [-0.25, -0.2) is 0 Å². The lowest BCUT2D eigenvalue weighted by Gasteiger charge is -2.25. The fourth-order valence-electron chi connectivity index (χ4n) is 3.24. The van der Waals surface area contributed by atoms with Crippen molar-refractivity contribution in [3.63, 3.8) is 0 Å². The Balaban J connectivity index is 5.08. The van der Waals surface area contributed by atoms with E-state index in [0.29, 0.717) is 18.5 Å². The van der Waals surface area contributed by atoms with Gasteiger partial charge in [-0.3, -0.25) is 13.7 Å². The molecule has 0 saturated heterocycles. The molecule has 0 saturated carbocycles. The van der Waals surface area contributed by atoms with E-state index in [2.05, 4.69) is 20.8 Å². The summed E-state index contributed by atoms with van der Waals surface area (Å²) >= 11 is -3.07.